The van der Waals surface area contributed by atoms with E-state index >= 15 is 0 Å². The minimum atomic E-state index is -3.42. The van der Waals surface area contributed by atoms with Gasteiger partial charge in [-0.2, -0.15) is 9.78 Å². The topological polar surface area (TPSA) is 111 Å². The smallest absolute Gasteiger partial charge is 0.254 e. The molecule has 0 bridgehead atoms. The van der Waals surface area contributed by atoms with Crippen molar-refractivity contribution in [2.75, 3.05) is 12.8 Å². The normalized spacial score (nSPS) is 15.0. The summed E-state index contributed by atoms with van der Waals surface area (Å²) in [6.07, 6.45) is 7.89. The van der Waals surface area contributed by atoms with Crippen LogP contribution in [0.2, 0.25) is 0 Å². The molecule has 2 heterocycles. The number of nitrogens with zero attached hydrogens (tertiary/aromatic N) is 6. The van der Waals surface area contributed by atoms with Crippen molar-refractivity contribution in [3.05, 3.63) is 60.4 Å². The molecule has 1 aromatic carbocycles. The molecule has 2 aromatic heterocycles. The fraction of sp³-hybridized carbons (Fsp3) is 0.350. The van der Waals surface area contributed by atoms with Gasteiger partial charge < -0.3 is 4.90 Å². The van der Waals surface area contributed by atoms with Crippen molar-refractivity contribution in [1.29, 1.82) is 0 Å². The van der Waals surface area contributed by atoms with Gasteiger partial charge in [0, 0.05) is 30.8 Å². The Hall–Kier alpha value is -3.14. The largest absolute Gasteiger partial charge is 0.328 e. The predicted molar refractivity (Wildman–Crippen MR) is 109 cm³/mol. The van der Waals surface area contributed by atoms with Gasteiger partial charge in [0.25, 0.3) is 11.9 Å². The van der Waals surface area contributed by atoms with Crippen LogP contribution in [0.15, 0.2) is 53.9 Å². The van der Waals surface area contributed by atoms with E-state index in [0.29, 0.717) is 29.8 Å². The standard InChI is InChI=1S/C20H22N6O3S/c1-14(18-23-13-24-26(18)20-21-9-4-10-22-20)25(12-15-7-8-15)19(27)16-5-3-6-17(11-16)30(2,28)29/h3-6,9-11,13-15H,7-8,12H2,1-2H3/t14-/m1/s1. The summed E-state index contributed by atoms with van der Waals surface area (Å²) in [5.74, 6) is 1.09. The molecule has 0 radical (unpaired) electrons. The monoisotopic (exact) mass is 426 g/mol. The highest BCUT2D eigenvalue weighted by molar-refractivity contribution is 7.90. The lowest BCUT2D eigenvalue weighted by Gasteiger charge is -2.29. The van der Waals surface area contributed by atoms with Gasteiger partial charge >= 0.3 is 0 Å². The van der Waals surface area contributed by atoms with Crippen LogP contribution in [0.1, 0.15) is 42.0 Å². The van der Waals surface area contributed by atoms with Gasteiger partial charge in [0.05, 0.1) is 10.9 Å². The van der Waals surface area contributed by atoms with E-state index in [4.69, 9.17) is 0 Å². The highest BCUT2D eigenvalue weighted by Crippen LogP contribution is 2.33. The summed E-state index contributed by atoms with van der Waals surface area (Å²) in [6.45, 7) is 2.44. The average molecular weight is 427 g/mol. The molecule has 1 fully saturated rings. The molecule has 10 heteroatoms. The molecule has 0 saturated heterocycles. The van der Waals surface area contributed by atoms with Crippen LogP contribution in [0.3, 0.4) is 0 Å². The molecule has 0 unspecified atom stereocenters. The maximum Gasteiger partial charge on any atom is 0.254 e. The minimum absolute atomic E-state index is 0.119. The van der Waals surface area contributed by atoms with Crippen molar-refractivity contribution in [1.82, 2.24) is 29.6 Å². The Balaban J connectivity index is 1.69. The molecule has 4 rings (SSSR count). The quantitative estimate of drug-likeness (QED) is 0.569. The van der Waals surface area contributed by atoms with Crippen molar-refractivity contribution in [2.24, 2.45) is 5.92 Å². The lowest BCUT2D eigenvalue weighted by atomic mass is 10.1. The van der Waals surface area contributed by atoms with Crippen molar-refractivity contribution in [3.63, 3.8) is 0 Å². The Morgan fingerprint density at radius 2 is 1.93 bits per heavy atom. The zero-order valence-corrected chi connectivity index (χ0v) is 17.5. The van der Waals surface area contributed by atoms with Crippen molar-refractivity contribution >= 4 is 15.7 Å². The number of hydrogen-bond acceptors (Lipinski definition) is 7. The third-order valence-corrected chi connectivity index (χ3v) is 6.19. The van der Waals surface area contributed by atoms with Gasteiger partial charge in [0.1, 0.15) is 6.33 Å². The Kier molecular flexibility index (Phi) is 5.33. The zero-order valence-electron chi connectivity index (χ0n) is 16.7. The summed E-state index contributed by atoms with van der Waals surface area (Å²) in [5, 5.41) is 4.23. The van der Waals surface area contributed by atoms with Gasteiger partial charge in [-0.15, -0.1) is 0 Å². The Labute approximate surface area is 174 Å². The maximum absolute atomic E-state index is 13.4. The molecular formula is C20H22N6O3S. The summed E-state index contributed by atoms with van der Waals surface area (Å²) in [4.78, 5) is 28.0. The molecule has 1 atom stereocenters. The summed E-state index contributed by atoms with van der Waals surface area (Å²) in [5.41, 5.74) is 0.326. The van der Waals surface area contributed by atoms with E-state index in [9.17, 15) is 13.2 Å². The molecule has 0 N–H and O–H groups in total. The summed E-state index contributed by atoms with van der Waals surface area (Å²) >= 11 is 0. The van der Waals surface area contributed by atoms with E-state index in [2.05, 4.69) is 20.1 Å². The molecule has 1 amide bonds. The fourth-order valence-corrected chi connectivity index (χ4v) is 3.92. The van der Waals surface area contributed by atoms with Crippen LogP contribution in [0.4, 0.5) is 0 Å². The molecule has 1 aliphatic carbocycles. The number of amides is 1. The second-order valence-electron chi connectivity index (χ2n) is 7.46. The Morgan fingerprint density at radius 3 is 2.60 bits per heavy atom. The van der Waals surface area contributed by atoms with Crippen LogP contribution in [-0.2, 0) is 9.84 Å². The lowest BCUT2D eigenvalue weighted by Crippen LogP contribution is -2.36. The number of carbonyl (C=O) groups is 1. The van der Waals surface area contributed by atoms with Gasteiger partial charge in [-0.05, 0) is 49.9 Å². The first kappa shape index (κ1) is 20.1. The maximum atomic E-state index is 13.4. The van der Waals surface area contributed by atoms with Crippen molar-refractivity contribution < 1.29 is 13.2 Å². The first-order valence-corrected chi connectivity index (χ1v) is 11.5. The van der Waals surface area contributed by atoms with E-state index in [1.165, 1.54) is 23.1 Å². The number of sulfone groups is 1. The van der Waals surface area contributed by atoms with Crippen molar-refractivity contribution in [3.8, 4) is 5.95 Å². The van der Waals surface area contributed by atoms with Gasteiger partial charge in [-0.1, -0.05) is 6.07 Å². The van der Waals surface area contributed by atoms with E-state index < -0.39 is 15.9 Å². The highest BCUT2D eigenvalue weighted by atomic mass is 32.2. The molecular weight excluding hydrogens is 404 g/mol. The van der Waals surface area contributed by atoms with Crippen LogP contribution < -0.4 is 0 Å². The van der Waals surface area contributed by atoms with Crippen LogP contribution in [-0.4, -0.2) is 56.8 Å². The average Bonchev–Trinajstić information content (AvgIpc) is 3.43. The summed E-state index contributed by atoms with van der Waals surface area (Å²) < 4.78 is 25.4. The first-order chi connectivity index (χ1) is 14.3. The molecule has 1 saturated carbocycles. The number of aromatic nitrogens is 5. The van der Waals surface area contributed by atoms with E-state index in [1.807, 2.05) is 6.92 Å². The highest BCUT2D eigenvalue weighted by Gasteiger charge is 2.33. The van der Waals surface area contributed by atoms with Gasteiger partial charge in [-0.3, -0.25) is 4.79 Å². The second kappa shape index (κ2) is 7.94. The molecule has 1 aliphatic rings. The number of carbonyl (C=O) groups excluding carboxylic acids is 1. The van der Waals surface area contributed by atoms with E-state index in [-0.39, 0.29) is 10.8 Å². The van der Waals surface area contributed by atoms with Crippen LogP contribution in [0.25, 0.3) is 5.95 Å². The Morgan fingerprint density at radius 1 is 1.20 bits per heavy atom. The molecule has 156 valence electrons. The summed E-state index contributed by atoms with van der Waals surface area (Å²) in [6, 6.07) is 7.44. The third-order valence-electron chi connectivity index (χ3n) is 5.08. The predicted octanol–water partition coefficient (Wildman–Crippen LogP) is 2.07. The number of rotatable bonds is 7. The molecule has 9 nitrogen and oxygen atoms in total. The minimum Gasteiger partial charge on any atom is -0.328 e. The molecule has 30 heavy (non-hydrogen) atoms. The van der Waals surface area contributed by atoms with Crippen molar-refractivity contribution in [2.45, 2.75) is 30.7 Å². The fourth-order valence-electron chi connectivity index (χ4n) is 3.25. The third kappa shape index (κ3) is 4.23. The number of hydrogen-bond donors (Lipinski definition) is 0. The first-order valence-electron chi connectivity index (χ1n) is 9.63. The van der Waals surface area contributed by atoms with E-state index in [0.717, 1.165) is 19.1 Å². The number of benzene rings is 1. The van der Waals surface area contributed by atoms with E-state index in [1.54, 1.807) is 35.5 Å². The molecule has 0 spiro atoms. The second-order valence-corrected chi connectivity index (χ2v) is 9.47. The Bertz CT molecular complexity index is 1160. The summed E-state index contributed by atoms with van der Waals surface area (Å²) in [7, 11) is -3.42. The van der Waals surface area contributed by atoms with Crippen LogP contribution in [0.5, 0.6) is 0 Å². The van der Waals surface area contributed by atoms with Gasteiger partial charge in [0.15, 0.2) is 15.7 Å². The zero-order chi connectivity index (χ0) is 21.3. The van der Waals surface area contributed by atoms with Gasteiger partial charge in [-0.25, -0.2) is 23.4 Å². The molecule has 3 aromatic rings. The van der Waals surface area contributed by atoms with Gasteiger partial charge in [0.2, 0.25) is 0 Å². The lowest BCUT2D eigenvalue weighted by molar-refractivity contribution is 0.0670. The van der Waals surface area contributed by atoms with Crippen LogP contribution >= 0.6 is 0 Å². The molecule has 0 aliphatic heterocycles. The SMILES string of the molecule is C[C@H](c1ncnn1-c1ncccn1)N(CC1CC1)C(=O)c1cccc(S(C)(=O)=O)c1. The van der Waals surface area contributed by atoms with Crippen LogP contribution in [0, 0.1) is 5.92 Å².